The molecule has 19 heavy (non-hydrogen) atoms. The van der Waals surface area contributed by atoms with Gasteiger partial charge < -0.3 is 14.6 Å². The number of rotatable bonds is 3. The monoisotopic (exact) mass is 265 g/mol. The maximum Gasteiger partial charge on any atom is 0.254 e. The molecular weight excluding hydrogens is 242 g/mol. The predicted molar refractivity (Wildman–Crippen MR) is 74.4 cm³/mol. The lowest BCUT2D eigenvalue weighted by Crippen LogP contribution is -2.54. The Morgan fingerprint density at radius 2 is 2.16 bits per heavy atom. The van der Waals surface area contributed by atoms with Crippen molar-refractivity contribution in [2.45, 2.75) is 19.9 Å². The molecule has 5 heteroatoms. The zero-order valence-electron chi connectivity index (χ0n) is 12.2. The summed E-state index contributed by atoms with van der Waals surface area (Å²) in [4.78, 5) is 16.7. The third-order valence-electron chi connectivity index (χ3n) is 3.76. The topological polar surface area (TPSA) is 48.7 Å². The number of piperazine rings is 1. The van der Waals surface area contributed by atoms with Crippen LogP contribution in [0.3, 0.4) is 0 Å². The van der Waals surface area contributed by atoms with Crippen molar-refractivity contribution in [3.8, 4) is 0 Å². The molecule has 1 saturated heterocycles. The predicted octanol–water partition coefficient (Wildman–Crippen LogP) is 0.872. The summed E-state index contributed by atoms with van der Waals surface area (Å²) in [7, 11) is 4.22. The second-order valence-corrected chi connectivity index (χ2v) is 5.43. The number of hydrogen-bond acceptors (Lipinski definition) is 4. The highest BCUT2D eigenvalue weighted by Gasteiger charge is 2.23. The Balaban J connectivity index is 1.91. The minimum absolute atomic E-state index is 0.0454. The summed E-state index contributed by atoms with van der Waals surface area (Å²) >= 11 is 0. The van der Waals surface area contributed by atoms with E-state index in [0.717, 1.165) is 25.4 Å². The van der Waals surface area contributed by atoms with Crippen molar-refractivity contribution >= 4 is 5.91 Å². The summed E-state index contributed by atoms with van der Waals surface area (Å²) in [5.41, 5.74) is 0.643. The lowest BCUT2D eigenvalue weighted by Gasteiger charge is -2.37. The number of likely N-dealkylation sites (N-methyl/N-ethyl adjacent to an activating group) is 2. The molecule has 0 aliphatic carbocycles. The number of carbonyl (C=O) groups is 1. The van der Waals surface area contributed by atoms with Crippen LogP contribution in [0.4, 0.5) is 0 Å². The number of hydrogen-bond donors (Lipinski definition) is 1. The molecule has 2 rings (SSSR count). The highest BCUT2D eigenvalue weighted by atomic mass is 16.3. The van der Waals surface area contributed by atoms with Gasteiger partial charge in [0.05, 0.1) is 5.56 Å². The van der Waals surface area contributed by atoms with E-state index in [1.165, 1.54) is 0 Å². The van der Waals surface area contributed by atoms with Gasteiger partial charge in [-0.1, -0.05) is 0 Å². The molecule has 1 aromatic heterocycles. The average molecular weight is 265 g/mol. The first-order chi connectivity index (χ1) is 8.97. The molecule has 1 unspecified atom stereocenters. The van der Waals surface area contributed by atoms with Crippen molar-refractivity contribution in [2.75, 3.05) is 40.3 Å². The Kier molecular flexibility index (Phi) is 4.27. The summed E-state index contributed by atoms with van der Waals surface area (Å²) in [6.07, 6.45) is 0. The fourth-order valence-corrected chi connectivity index (χ4v) is 2.48. The number of nitrogens with zero attached hydrogens (tertiary/aromatic N) is 2. The lowest BCUT2D eigenvalue weighted by molar-refractivity contribution is 0.0880. The molecule has 5 nitrogen and oxygen atoms in total. The first kappa shape index (κ1) is 14.1. The zero-order chi connectivity index (χ0) is 14.0. The van der Waals surface area contributed by atoms with Crippen LogP contribution in [0.15, 0.2) is 10.5 Å². The molecular formula is C14H23N3O2. The number of nitrogens with one attached hydrogen (secondary N) is 1. The summed E-state index contributed by atoms with van der Waals surface area (Å²) in [5, 5.41) is 3.01. The van der Waals surface area contributed by atoms with Gasteiger partial charge in [0.2, 0.25) is 0 Å². The van der Waals surface area contributed by atoms with Gasteiger partial charge in [-0.2, -0.15) is 0 Å². The van der Waals surface area contributed by atoms with Crippen molar-refractivity contribution in [1.82, 2.24) is 15.1 Å². The van der Waals surface area contributed by atoms with Crippen LogP contribution in [0.25, 0.3) is 0 Å². The van der Waals surface area contributed by atoms with Crippen molar-refractivity contribution in [2.24, 2.45) is 0 Å². The van der Waals surface area contributed by atoms with Gasteiger partial charge in [-0.3, -0.25) is 9.69 Å². The van der Waals surface area contributed by atoms with Gasteiger partial charge in [-0.05, 0) is 34.0 Å². The molecule has 1 aliphatic heterocycles. The molecule has 1 aliphatic rings. The molecule has 1 amide bonds. The van der Waals surface area contributed by atoms with E-state index in [4.69, 9.17) is 4.42 Å². The summed E-state index contributed by atoms with van der Waals surface area (Å²) in [5.74, 6) is 1.41. The normalized spacial score (nSPS) is 21.6. The standard InChI is InChI=1S/C14H23N3O2/c1-10-7-13(11(2)19-10)14(18)15-8-12-9-16(3)5-6-17(12)4/h7,12H,5-6,8-9H2,1-4H3,(H,15,18). The minimum atomic E-state index is -0.0454. The van der Waals surface area contributed by atoms with Crippen LogP contribution in [-0.2, 0) is 0 Å². The van der Waals surface area contributed by atoms with E-state index in [2.05, 4.69) is 29.2 Å². The molecule has 1 atom stereocenters. The molecule has 2 heterocycles. The van der Waals surface area contributed by atoms with Crippen molar-refractivity contribution in [3.63, 3.8) is 0 Å². The van der Waals surface area contributed by atoms with E-state index in [1.807, 2.05) is 13.8 Å². The molecule has 0 radical (unpaired) electrons. The molecule has 1 fully saturated rings. The summed E-state index contributed by atoms with van der Waals surface area (Å²) in [6, 6.07) is 2.16. The first-order valence-electron chi connectivity index (χ1n) is 6.71. The Morgan fingerprint density at radius 3 is 2.79 bits per heavy atom. The molecule has 0 bridgehead atoms. The summed E-state index contributed by atoms with van der Waals surface area (Å²) in [6.45, 7) is 7.46. The van der Waals surface area contributed by atoms with Gasteiger partial charge in [0.1, 0.15) is 11.5 Å². The van der Waals surface area contributed by atoms with Gasteiger partial charge in [-0.25, -0.2) is 0 Å². The van der Waals surface area contributed by atoms with E-state index in [0.29, 0.717) is 23.9 Å². The minimum Gasteiger partial charge on any atom is -0.466 e. The van der Waals surface area contributed by atoms with Crippen LogP contribution in [0.1, 0.15) is 21.9 Å². The number of carbonyl (C=O) groups excluding carboxylic acids is 1. The second kappa shape index (κ2) is 5.75. The molecule has 1 N–H and O–H groups in total. The molecule has 0 saturated carbocycles. The quantitative estimate of drug-likeness (QED) is 0.881. The van der Waals surface area contributed by atoms with Crippen molar-refractivity contribution < 1.29 is 9.21 Å². The van der Waals surface area contributed by atoms with Crippen molar-refractivity contribution in [3.05, 3.63) is 23.2 Å². The van der Waals surface area contributed by atoms with Crippen LogP contribution in [0.2, 0.25) is 0 Å². The molecule has 0 spiro atoms. The largest absolute Gasteiger partial charge is 0.466 e. The highest BCUT2D eigenvalue weighted by Crippen LogP contribution is 2.13. The molecule has 1 aromatic rings. The smallest absolute Gasteiger partial charge is 0.254 e. The first-order valence-corrected chi connectivity index (χ1v) is 6.71. The van der Waals surface area contributed by atoms with Crippen LogP contribution in [-0.4, -0.2) is 62.0 Å². The maximum absolute atomic E-state index is 12.1. The molecule has 0 aromatic carbocycles. The second-order valence-electron chi connectivity index (χ2n) is 5.43. The number of aryl methyl sites for hydroxylation is 2. The lowest BCUT2D eigenvalue weighted by atomic mass is 10.1. The van der Waals surface area contributed by atoms with Crippen LogP contribution < -0.4 is 5.32 Å². The van der Waals surface area contributed by atoms with Crippen LogP contribution in [0, 0.1) is 13.8 Å². The van der Waals surface area contributed by atoms with Crippen molar-refractivity contribution in [1.29, 1.82) is 0 Å². The van der Waals surface area contributed by atoms with E-state index < -0.39 is 0 Å². The Bertz CT molecular complexity index is 456. The average Bonchev–Trinajstić information content (AvgIpc) is 2.69. The van der Waals surface area contributed by atoms with Gasteiger partial charge in [0.15, 0.2) is 0 Å². The number of amides is 1. The van der Waals surface area contributed by atoms with E-state index in [-0.39, 0.29) is 5.91 Å². The number of furan rings is 1. The third-order valence-corrected chi connectivity index (χ3v) is 3.76. The van der Waals surface area contributed by atoms with Gasteiger partial charge in [0.25, 0.3) is 5.91 Å². The molecule has 106 valence electrons. The van der Waals surface area contributed by atoms with Crippen LogP contribution in [0.5, 0.6) is 0 Å². The highest BCUT2D eigenvalue weighted by molar-refractivity contribution is 5.95. The fraction of sp³-hybridized carbons (Fsp3) is 0.643. The summed E-state index contributed by atoms with van der Waals surface area (Å²) < 4.78 is 5.39. The van der Waals surface area contributed by atoms with E-state index in [9.17, 15) is 4.79 Å². The van der Waals surface area contributed by atoms with Gasteiger partial charge >= 0.3 is 0 Å². The fourth-order valence-electron chi connectivity index (χ4n) is 2.48. The Morgan fingerprint density at radius 1 is 1.42 bits per heavy atom. The van der Waals surface area contributed by atoms with E-state index >= 15 is 0 Å². The Labute approximate surface area is 114 Å². The Hall–Kier alpha value is -1.33. The van der Waals surface area contributed by atoms with Crippen LogP contribution >= 0.6 is 0 Å². The van der Waals surface area contributed by atoms with Gasteiger partial charge in [-0.15, -0.1) is 0 Å². The third kappa shape index (κ3) is 3.36. The zero-order valence-corrected chi connectivity index (χ0v) is 12.2. The van der Waals surface area contributed by atoms with E-state index in [1.54, 1.807) is 6.07 Å². The van der Waals surface area contributed by atoms with Gasteiger partial charge in [0, 0.05) is 32.2 Å². The maximum atomic E-state index is 12.1. The SMILES string of the molecule is Cc1cc(C(=O)NCC2CN(C)CCN2C)c(C)o1.